The topological polar surface area (TPSA) is 64.8 Å². The minimum Gasteiger partial charge on any atom is -0.381 e. The lowest BCUT2D eigenvalue weighted by atomic mass is 10.1. The lowest BCUT2D eigenvalue weighted by Crippen LogP contribution is -2.36. The summed E-state index contributed by atoms with van der Waals surface area (Å²) in [6.07, 6.45) is 4.56. The first-order valence-corrected chi connectivity index (χ1v) is 9.48. The highest BCUT2D eigenvalue weighted by molar-refractivity contribution is 5.75. The van der Waals surface area contributed by atoms with Gasteiger partial charge in [0.25, 0.3) is 0 Å². The summed E-state index contributed by atoms with van der Waals surface area (Å²) in [7, 11) is 0. The standard InChI is InChI=1S/C20H25N5O2/c1-3-26-11-7-17-5-4-16(14-21-17)19-15(2)23-20-18(6-8-22-25(19)20)24-9-12-27-13-10-24/h4-6,8,14H,3,7,9-13H2,1-2H3. The van der Waals surface area contributed by atoms with Crippen LogP contribution in [-0.2, 0) is 15.9 Å². The van der Waals surface area contributed by atoms with Gasteiger partial charge in [0.15, 0.2) is 5.65 Å². The third-order valence-corrected chi connectivity index (χ3v) is 4.83. The molecule has 0 spiro atoms. The molecule has 142 valence electrons. The molecular weight excluding hydrogens is 342 g/mol. The minimum atomic E-state index is 0.696. The molecule has 4 heterocycles. The Labute approximate surface area is 158 Å². The van der Waals surface area contributed by atoms with E-state index in [1.54, 1.807) is 0 Å². The number of aryl methyl sites for hydroxylation is 1. The number of fused-ring (bicyclic) bond motifs is 1. The molecule has 0 unspecified atom stereocenters. The minimum absolute atomic E-state index is 0.696. The third kappa shape index (κ3) is 3.65. The van der Waals surface area contributed by atoms with Gasteiger partial charge in [0.05, 0.1) is 43.1 Å². The molecule has 7 heteroatoms. The molecule has 4 rings (SSSR count). The van der Waals surface area contributed by atoms with Gasteiger partial charge in [-0.1, -0.05) is 0 Å². The second-order valence-electron chi connectivity index (χ2n) is 6.58. The molecule has 1 fully saturated rings. The lowest BCUT2D eigenvalue weighted by molar-refractivity contribution is 0.123. The Hall–Kier alpha value is -2.51. The molecule has 0 N–H and O–H groups in total. The average Bonchev–Trinajstić information content (AvgIpc) is 3.05. The molecular formula is C20H25N5O2. The van der Waals surface area contributed by atoms with E-state index in [1.807, 2.05) is 36.8 Å². The van der Waals surface area contributed by atoms with E-state index in [-0.39, 0.29) is 0 Å². The number of nitrogens with zero attached hydrogens (tertiary/aromatic N) is 5. The molecule has 3 aromatic rings. The first kappa shape index (κ1) is 17.9. The molecule has 27 heavy (non-hydrogen) atoms. The maximum absolute atomic E-state index is 5.48. The van der Waals surface area contributed by atoms with Crippen LogP contribution in [-0.4, -0.2) is 59.1 Å². The summed E-state index contributed by atoms with van der Waals surface area (Å²) in [5.74, 6) is 0. The van der Waals surface area contributed by atoms with Crippen LogP contribution < -0.4 is 4.90 Å². The number of rotatable bonds is 6. The molecule has 0 amide bonds. The predicted octanol–water partition coefficient (Wildman–Crippen LogP) is 2.52. The lowest BCUT2D eigenvalue weighted by Gasteiger charge is -2.28. The molecule has 0 atom stereocenters. The number of pyridine rings is 1. The fourth-order valence-corrected chi connectivity index (χ4v) is 3.46. The van der Waals surface area contributed by atoms with Crippen LogP contribution in [0.2, 0.25) is 0 Å². The van der Waals surface area contributed by atoms with Gasteiger partial charge in [-0.15, -0.1) is 0 Å². The van der Waals surface area contributed by atoms with Crippen molar-refractivity contribution < 1.29 is 9.47 Å². The molecule has 0 radical (unpaired) electrons. The molecule has 0 aromatic carbocycles. The molecule has 1 saturated heterocycles. The van der Waals surface area contributed by atoms with Crippen LogP contribution >= 0.6 is 0 Å². The smallest absolute Gasteiger partial charge is 0.178 e. The molecule has 0 aliphatic carbocycles. The summed E-state index contributed by atoms with van der Waals surface area (Å²) in [5, 5.41) is 4.57. The van der Waals surface area contributed by atoms with Crippen molar-refractivity contribution in [3.63, 3.8) is 0 Å². The van der Waals surface area contributed by atoms with Crippen molar-refractivity contribution in [1.29, 1.82) is 0 Å². The number of imidazole rings is 1. The van der Waals surface area contributed by atoms with Crippen LogP contribution in [0.1, 0.15) is 18.3 Å². The number of hydrogen-bond donors (Lipinski definition) is 0. The number of morpholine rings is 1. The van der Waals surface area contributed by atoms with Gasteiger partial charge in [0.2, 0.25) is 0 Å². The van der Waals surface area contributed by atoms with Crippen LogP contribution in [0.5, 0.6) is 0 Å². The monoisotopic (exact) mass is 367 g/mol. The summed E-state index contributed by atoms with van der Waals surface area (Å²) < 4.78 is 12.8. The third-order valence-electron chi connectivity index (χ3n) is 4.83. The first-order chi connectivity index (χ1) is 13.3. The Morgan fingerprint density at radius 3 is 2.78 bits per heavy atom. The molecule has 0 saturated carbocycles. The van der Waals surface area contributed by atoms with Crippen molar-refractivity contribution in [2.75, 3.05) is 44.4 Å². The highest BCUT2D eigenvalue weighted by Gasteiger charge is 2.19. The Bertz CT molecular complexity index is 901. The largest absolute Gasteiger partial charge is 0.381 e. The van der Waals surface area contributed by atoms with Gasteiger partial charge in [0.1, 0.15) is 0 Å². The van der Waals surface area contributed by atoms with Gasteiger partial charge >= 0.3 is 0 Å². The predicted molar refractivity (Wildman–Crippen MR) is 104 cm³/mol. The van der Waals surface area contributed by atoms with E-state index in [0.29, 0.717) is 6.61 Å². The van der Waals surface area contributed by atoms with E-state index in [0.717, 1.165) is 73.3 Å². The molecule has 1 aliphatic heterocycles. The molecule has 7 nitrogen and oxygen atoms in total. The van der Waals surface area contributed by atoms with Crippen molar-refractivity contribution in [2.24, 2.45) is 0 Å². The van der Waals surface area contributed by atoms with Crippen molar-refractivity contribution in [3.8, 4) is 11.3 Å². The highest BCUT2D eigenvalue weighted by Crippen LogP contribution is 2.28. The van der Waals surface area contributed by atoms with E-state index in [9.17, 15) is 0 Å². The van der Waals surface area contributed by atoms with E-state index >= 15 is 0 Å². The van der Waals surface area contributed by atoms with Gasteiger partial charge in [-0.25, -0.2) is 9.50 Å². The van der Waals surface area contributed by atoms with Gasteiger partial charge in [-0.05, 0) is 32.0 Å². The second-order valence-corrected chi connectivity index (χ2v) is 6.58. The first-order valence-electron chi connectivity index (χ1n) is 9.48. The van der Waals surface area contributed by atoms with Crippen molar-refractivity contribution in [3.05, 3.63) is 42.0 Å². The van der Waals surface area contributed by atoms with Gasteiger partial charge in [-0.3, -0.25) is 4.98 Å². The molecule has 3 aromatic heterocycles. The maximum atomic E-state index is 5.48. The number of aromatic nitrogens is 4. The molecule has 1 aliphatic rings. The summed E-state index contributed by atoms with van der Waals surface area (Å²) in [4.78, 5) is 11.7. The normalized spacial score (nSPS) is 14.8. The van der Waals surface area contributed by atoms with Gasteiger partial charge in [-0.2, -0.15) is 5.10 Å². The van der Waals surface area contributed by atoms with Crippen LogP contribution in [0, 0.1) is 6.92 Å². The van der Waals surface area contributed by atoms with Crippen molar-refractivity contribution in [1.82, 2.24) is 19.6 Å². The van der Waals surface area contributed by atoms with Crippen molar-refractivity contribution in [2.45, 2.75) is 20.3 Å². The number of hydrogen-bond acceptors (Lipinski definition) is 6. The van der Waals surface area contributed by atoms with E-state index < -0.39 is 0 Å². The second kappa shape index (κ2) is 8.02. The van der Waals surface area contributed by atoms with E-state index in [4.69, 9.17) is 14.5 Å². The van der Waals surface area contributed by atoms with Crippen LogP contribution in [0.25, 0.3) is 16.9 Å². The zero-order valence-electron chi connectivity index (χ0n) is 15.9. The maximum Gasteiger partial charge on any atom is 0.178 e. The fraction of sp³-hybridized carbons (Fsp3) is 0.450. The summed E-state index contributed by atoms with van der Waals surface area (Å²) in [6, 6.07) is 6.18. The zero-order valence-corrected chi connectivity index (χ0v) is 15.9. The van der Waals surface area contributed by atoms with Gasteiger partial charge < -0.3 is 14.4 Å². The molecule has 0 bridgehead atoms. The van der Waals surface area contributed by atoms with E-state index in [2.05, 4.69) is 27.1 Å². The summed E-state index contributed by atoms with van der Waals surface area (Å²) in [6.45, 7) is 8.69. The zero-order chi connectivity index (χ0) is 18.6. The Morgan fingerprint density at radius 2 is 2.04 bits per heavy atom. The summed E-state index contributed by atoms with van der Waals surface area (Å²) >= 11 is 0. The number of anilines is 1. The van der Waals surface area contributed by atoms with Crippen LogP contribution in [0.4, 0.5) is 5.69 Å². The average molecular weight is 367 g/mol. The Kier molecular flexibility index (Phi) is 5.31. The highest BCUT2D eigenvalue weighted by atomic mass is 16.5. The Balaban J connectivity index is 1.67. The van der Waals surface area contributed by atoms with Crippen LogP contribution in [0.15, 0.2) is 30.6 Å². The quantitative estimate of drug-likeness (QED) is 0.624. The van der Waals surface area contributed by atoms with Crippen molar-refractivity contribution >= 4 is 11.3 Å². The van der Waals surface area contributed by atoms with Crippen LogP contribution in [0.3, 0.4) is 0 Å². The van der Waals surface area contributed by atoms with E-state index in [1.165, 1.54) is 0 Å². The number of ether oxygens (including phenoxy) is 2. The SMILES string of the molecule is CCOCCc1ccc(-c2c(C)nc3c(N4CCOCC4)ccnn23)cn1. The fourth-order valence-electron chi connectivity index (χ4n) is 3.46. The Morgan fingerprint density at radius 1 is 1.19 bits per heavy atom. The van der Waals surface area contributed by atoms with Gasteiger partial charge in [0, 0.05) is 43.6 Å². The summed E-state index contributed by atoms with van der Waals surface area (Å²) in [5.41, 5.74) is 5.97.